The van der Waals surface area contributed by atoms with E-state index in [1.807, 2.05) is 0 Å². The molecule has 0 spiro atoms. The first kappa shape index (κ1) is 13.3. The molecule has 19 heavy (non-hydrogen) atoms. The van der Waals surface area contributed by atoms with Gasteiger partial charge in [-0.15, -0.1) is 0 Å². The number of hydrogen-bond acceptors (Lipinski definition) is 4. The van der Waals surface area contributed by atoms with Crippen LogP contribution in [0.15, 0.2) is 4.42 Å². The van der Waals surface area contributed by atoms with Crippen LogP contribution in [0.1, 0.15) is 52.0 Å². The average molecular weight is 265 g/mol. The summed E-state index contributed by atoms with van der Waals surface area (Å²) in [5.74, 6) is -1.18. The van der Waals surface area contributed by atoms with Gasteiger partial charge in [0.25, 0.3) is 5.91 Å². The number of hydrogen-bond donors (Lipinski definition) is 2. The molecule has 0 bridgehead atoms. The molecule has 0 saturated heterocycles. The van der Waals surface area contributed by atoms with Crippen molar-refractivity contribution in [3.8, 4) is 0 Å². The Balaban J connectivity index is 2.29. The van der Waals surface area contributed by atoms with E-state index < -0.39 is 17.9 Å². The third-order valence-corrected chi connectivity index (χ3v) is 3.23. The largest absolute Gasteiger partial charge is 0.480 e. The summed E-state index contributed by atoms with van der Waals surface area (Å²) in [5.41, 5.74) is 0.981. The van der Waals surface area contributed by atoms with Crippen LogP contribution >= 0.6 is 0 Å². The third kappa shape index (κ3) is 2.38. The SMILES string of the molecule is Cc1c(C(=O)N[C@@H](C)C(=O)O)oc2c1C(=O)CCC2. The second-order valence-electron chi connectivity index (χ2n) is 4.66. The Morgan fingerprint density at radius 1 is 1.37 bits per heavy atom. The molecule has 0 aliphatic heterocycles. The highest BCUT2D eigenvalue weighted by Gasteiger charge is 2.29. The number of rotatable bonds is 3. The molecule has 1 heterocycles. The standard InChI is InChI=1S/C13H15NO5/c1-6-10-8(15)4-3-5-9(10)19-11(6)12(16)14-7(2)13(17)18/h7H,3-5H2,1-2H3,(H,14,16)(H,17,18)/t7-/m0/s1. The Morgan fingerprint density at radius 2 is 2.05 bits per heavy atom. The summed E-state index contributed by atoms with van der Waals surface area (Å²) in [4.78, 5) is 34.4. The third-order valence-electron chi connectivity index (χ3n) is 3.23. The summed E-state index contributed by atoms with van der Waals surface area (Å²) >= 11 is 0. The summed E-state index contributed by atoms with van der Waals surface area (Å²) in [6.45, 7) is 3.01. The van der Waals surface area contributed by atoms with E-state index in [0.717, 1.165) is 0 Å². The normalized spacial score (nSPS) is 15.8. The van der Waals surface area contributed by atoms with Gasteiger partial charge in [0.2, 0.25) is 0 Å². The minimum atomic E-state index is -1.13. The molecule has 2 N–H and O–H groups in total. The van der Waals surface area contributed by atoms with Gasteiger partial charge in [-0.25, -0.2) is 0 Å². The van der Waals surface area contributed by atoms with Crippen molar-refractivity contribution in [3.63, 3.8) is 0 Å². The van der Waals surface area contributed by atoms with Gasteiger partial charge >= 0.3 is 5.97 Å². The van der Waals surface area contributed by atoms with E-state index in [4.69, 9.17) is 9.52 Å². The number of carboxylic acids is 1. The lowest BCUT2D eigenvalue weighted by atomic mass is 9.94. The van der Waals surface area contributed by atoms with E-state index in [9.17, 15) is 14.4 Å². The highest BCUT2D eigenvalue weighted by molar-refractivity contribution is 6.03. The number of nitrogens with one attached hydrogen (secondary N) is 1. The van der Waals surface area contributed by atoms with E-state index in [1.165, 1.54) is 6.92 Å². The van der Waals surface area contributed by atoms with Crippen LogP contribution in [0.5, 0.6) is 0 Å². The Kier molecular flexibility index (Phi) is 3.42. The maximum absolute atomic E-state index is 11.9. The average Bonchev–Trinajstić information content (AvgIpc) is 2.68. The van der Waals surface area contributed by atoms with Gasteiger partial charge < -0.3 is 14.8 Å². The van der Waals surface area contributed by atoms with Crippen molar-refractivity contribution >= 4 is 17.7 Å². The number of aryl methyl sites for hydroxylation is 1. The Labute approximate surface area is 109 Å². The molecule has 0 aromatic carbocycles. The molecule has 1 aliphatic rings. The van der Waals surface area contributed by atoms with Crippen molar-refractivity contribution in [2.75, 3.05) is 0 Å². The molecule has 102 valence electrons. The highest BCUT2D eigenvalue weighted by Crippen LogP contribution is 2.29. The molecule has 6 heteroatoms. The maximum Gasteiger partial charge on any atom is 0.325 e. The number of ketones is 1. The molecule has 6 nitrogen and oxygen atoms in total. The Morgan fingerprint density at radius 3 is 2.63 bits per heavy atom. The fraction of sp³-hybridized carbons (Fsp3) is 0.462. The Hall–Kier alpha value is -2.11. The zero-order valence-corrected chi connectivity index (χ0v) is 10.8. The first-order valence-electron chi connectivity index (χ1n) is 6.11. The summed E-state index contributed by atoms with van der Waals surface area (Å²) < 4.78 is 5.42. The number of Topliss-reactive ketones (excluding diaryl/α,β-unsaturated/α-hetero) is 1. The molecule has 1 aromatic rings. The van der Waals surface area contributed by atoms with Gasteiger partial charge in [0.05, 0.1) is 5.56 Å². The predicted molar refractivity (Wildman–Crippen MR) is 65.3 cm³/mol. The van der Waals surface area contributed by atoms with Crippen LogP contribution in [0.25, 0.3) is 0 Å². The summed E-state index contributed by atoms with van der Waals surface area (Å²) in [5, 5.41) is 11.1. The van der Waals surface area contributed by atoms with Crippen LogP contribution in [0, 0.1) is 6.92 Å². The van der Waals surface area contributed by atoms with Crippen LogP contribution in [-0.4, -0.2) is 28.8 Å². The summed E-state index contributed by atoms with van der Waals surface area (Å²) in [6, 6.07) is -1.01. The van der Waals surface area contributed by atoms with E-state index in [2.05, 4.69) is 5.32 Å². The molecule has 1 aromatic heterocycles. The monoisotopic (exact) mass is 265 g/mol. The summed E-state index contributed by atoms with van der Waals surface area (Å²) in [6.07, 6.45) is 1.80. The van der Waals surface area contributed by atoms with E-state index >= 15 is 0 Å². The molecule has 1 atom stereocenters. The lowest BCUT2D eigenvalue weighted by Crippen LogP contribution is -2.38. The predicted octanol–water partition coefficient (Wildman–Crippen LogP) is 1.31. The second-order valence-corrected chi connectivity index (χ2v) is 4.66. The van der Waals surface area contributed by atoms with E-state index in [-0.39, 0.29) is 11.5 Å². The minimum absolute atomic E-state index is 0.0205. The Bertz CT molecular complexity index is 558. The molecule has 1 aliphatic carbocycles. The molecule has 0 saturated carbocycles. The number of furan rings is 1. The molecule has 0 radical (unpaired) electrons. The zero-order valence-electron chi connectivity index (χ0n) is 10.8. The lowest BCUT2D eigenvalue weighted by molar-refractivity contribution is -0.138. The number of carboxylic acid groups (broad SMARTS) is 1. The molecular formula is C13H15NO5. The van der Waals surface area contributed by atoms with Gasteiger partial charge in [-0.05, 0) is 20.3 Å². The number of amides is 1. The van der Waals surface area contributed by atoms with Crippen molar-refractivity contribution < 1.29 is 23.9 Å². The molecular weight excluding hydrogens is 250 g/mol. The molecule has 2 rings (SSSR count). The zero-order chi connectivity index (χ0) is 14.2. The van der Waals surface area contributed by atoms with Gasteiger partial charge in [-0.1, -0.05) is 0 Å². The summed E-state index contributed by atoms with van der Waals surface area (Å²) in [7, 11) is 0. The molecule has 0 unspecified atom stereocenters. The van der Waals surface area contributed by atoms with Gasteiger partial charge in [-0.2, -0.15) is 0 Å². The first-order valence-corrected chi connectivity index (χ1v) is 6.11. The minimum Gasteiger partial charge on any atom is -0.480 e. The first-order chi connectivity index (χ1) is 8.91. The van der Waals surface area contributed by atoms with Crippen LogP contribution in [-0.2, 0) is 11.2 Å². The number of fused-ring (bicyclic) bond motifs is 1. The number of carbonyl (C=O) groups is 3. The topological polar surface area (TPSA) is 96.6 Å². The second kappa shape index (κ2) is 4.87. The van der Waals surface area contributed by atoms with Gasteiger partial charge in [-0.3, -0.25) is 14.4 Å². The van der Waals surface area contributed by atoms with Crippen molar-refractivity contribution in [1.82, 2.24) is 5.32 Å². The van der Waals surface area contributed by atoms with Crippen molar-refractivity contribution in [1.29, 1.82) is 0 Å². The van der Waals surface area contributed by atoms with Gasteiger partial charge in [0.1, 0.15) is 11.8 Å². The smallest absolute Gasteiger partial charge is 0.325 e. The van der Waals surface area contributed by atoms with Gasteiger partial charge in [0.15, 0.2) is 11.5 Å². The molecule has 0 fully saturated rings. The molecule has 1 amide bonds. The van der Waals surface area contributed by atoms with E-state index in [0.29, 0.717) is 36.1 Å². The van der Waals surface area contributed by atoms with Crippen molar-refractivity contribution in [3.05, 3.63) is 22.6 Å². The van der Waals surface area contributed by atoms with Crippen molar-refractivity contribution in [2.24, 2.45) is 0 Å². The maximum atomic E-state index is 11.9. The fourth-order valence-corrected chi connectivity index (χ4v) is 2.19. The lowest BCUT2D eigenvalue weighted by Gasteiger charge is -2.08. The number of aliphatic carboxylic acids is 1. The van der Waals surface area contributed by atoms with Crippen LogP contribution < -0.4 is 5.32 Å². The highest BCUT2D eigenvalue weighted by atomic mass is 16.4. The fourth-order valence-electron chi connectivity index (χ4n) is 2.19. The number of carbonyl (C=O) groups excluding carboxylic acids is 2. The quantitative estimate of drug-likeness (QED) is 0.858. The van der Waals surface area contributed by atoms with Crippen LogP contribution in [0.2, 0.25) is 0 Å². The van der Waals surface area contributed by atoms with E-state index in [1.54, 1.807) is 6.92 Å². The van der Waals surface area contributed by atoms with Crippen LogP contribution in [0.3, 0.4) is 0 Å². The van der Waals surface area contributed by atoms with Crippen LogP contribution in [0.4, 0.5) is 0 Å². The van der Waals surface area contributed by atoms with Gasteiger partial charge in [0, 0.05) is 18.4 Å². The van der Waals surface area contributed by atoms with Crippen molar-refractivity contribution in [2.45, 2.75) is 39.2 Å².